The van der Waals surface area contributed by atoms with Crippen molar-refractivity contribution in [3.05, 3.63) is 0 Å². The molecule has 0 aliphatic carbocycles. The lowest BCUT2D eigenvalue weighted by molar-refractivity contribution is -0.297. The van der Waals surface area contributed by atoms with Crippen molar-refractivity contribution in [2.75, 3.05) is 7.11 Å². The highest BCUT2D eigenvalue weighted by Crippen LogP contribution is 2.29. The summed E-state index contributed by atoms with van der Waals surface area (Å²) in [7, 11) is 1.52. The van der Waals surface area contributed by atoms with Crippen molar-refractivity contribution in [3.8, 4) is 0 Å². The van der Waals surface area contributed by atoms with Gasteiger partial charge in [-0.2, -0.15) is 0 Å². The maximum atomic E-state index is 9.40. The second-order valence-electron chi connectivity index (χ2n) is 3.42. The minimum Gasteiger partial charge on any atom is -0.390 e. The lowest BCUT2D eigenvalue weighted by atomic mass is 9.97. The van der Waals surface area contributed by atoms with Gasteiger partial charge in [0.2, 0.25) is 0 Å². The van der Waals surface area contributed by atoms with Gasteiger partial charge in [0.1, 0.15) is 6.10 Å². The molecule has 4 nitrogen and oxygen atoms in total. The fraction of sp³-hybridized carbons (Fsp3) is 1.00. The largest absolute Gasteiger partial charge is 0.390 e. The van der Waals surface area contributed by atoms with E-state index in [-0.39, 0.29) is 0 Å². The third-order valence-electron chi connectivity index (χ3n) is 2.32. The lowest BCUT2D eigenvalue weighted by Crippen LogP contribution is -2.53. The molecule has 1 unspecified atom stereocenters. The molecule has 4 atom stereocenters. The third kappa shape index (κ3) is 1.77. The van der Waals surface area contributed by atoms with Crippen LogP contribution in [0.2, 0.25) is 0 Å². The second kappa shape index (κ2) is 3.30. The van der Waals surface area contributed by atoms with Crippen LogP contribution in [0.25, 0.3) is 0 Å². The molecule has 1 fully saturated rings. The van der Waals surface area contributed by atoms with Crippen LogP contribution in [0.4, 0.5) is 0 Å². The molecule has 72 valence electrons. The summed E-state index contributed by atoms with van der Waals surface area (Å²) >= 11 is 0. The smallest absolute Gasteiger partial charge is 0.168 e. The van der Waals surface area contributed by atoms with E-state index in [0.717, 1.165) is 0 Å². The first kappa shape index (κ1) is 9.92. The van der Waals surface area contributed by atoms with Crippen LogP contribution < -0.4 is 0 Å². The van der Waals surface area contributed by atoms with E-state index >= 15 is 0 Å². The van der Waals surface area contributed by atoms with Crippen LogP contribution >= 0.6 is 0 Å². The van der Waals surface area contributed by atoms with E-state index in [9.17, 15) is 10.2 Å². The monoisotopic (exact) mass is 176 g/mol. The summed E-state index contributed by atoms with van der Waals surface area (Å²) in [5.41, 5.74) is 0. The average Bonchev–Trinajstić information content (AvgIpc) is 2.00. The first-order valence-corrected chi connectivity index (χ1v) is 4.07. The van der Waals surface area contributed by atoms with Crippen LogP contribution in [0.1, 0.15) is 20.3 Å². The molecular weight excluding hydrogens is 160 g/mol. The molecule has 12 heavy (non-hydrogen) atoms. The molecule has 1 rings (SSSR count). The molecule has 0 amide bonds. The van der Waals surface area contributed by atoms with E-state index in [1.54, 1.807) is 13.8 Å². The minimum atomic E-state index is -0.812. The summed E-state index contributed by atoms with van der Waals surface area (Å²) in [6.07, 6.45) is -1.67. The zero-order valence-electron chi connectivity index (χ0n) is 7.65. The molecule has 1 heterocycles. The molecule has 0 saturated carbocycles. The molecule has 0 radical (unpaired) electrons. The highest BCUT2D eigenvalue weighted by molar-refractivity contribution is 4.85. The maximum absolute atomic E-state index is 9.40. The van der Waals surface area contributed by atoms with Crippen molar-refractivity contribution in [1.29, 1.82) is 0 Å². The van der Waals surface area contributed by atoms with Crippen LogP contribution in [0, 0.1) is 0 Å². The highest BCUT2D eigenvalue weighted by Gasteiger charge is 2.41. The van der Waals surface area contributed by atoms with E-state index in [1.165, 1.54) is 7.11 Å². The van der Waals surface area contributed by atoms with E-state index in [4.69, 9.17) is 9.47 Å². The van der Waals surface area contributed by atoms with E-state index in [1.807, 2.05) is 0 Å². The SMILES string of the molecule is CO[C@]1(C)C[C@@H](O)[C@@H](O)C(C)O1. The third-order valence-corrected chi connectivity index (χ3v) is 2.32. The maximum Gasteiger partial charge on any atom is 0.168 e. The summed E-state index contributed by atoms with van der Waals surface area (Å²) in [6, 6.07) is 0. The van der Waals surface area contributed by atoms with Crippen LogP contribution in [0.15, 0.2) is 0 Å². The molecule has 0 spiro atoms. The predicted molar refractivity (Wildman–Crippen MR) is 42.6 cm³/mol. The van der Waals surface area contributed by atoms with Gasteiger partial charge in [-0.3, -0.25) is 0 Å². The average molecular weight is 176 g/mol. The molecule has 0 bridgehead atoms. The number of methoxy groups -OCH3 is 1. The Hall–Kier alpha value is -0.160. The Morgan fingerprint density at radius 1 is 1.50 bits per heavy atom. The van der Waals surface area contributed by atoms with Gasteiger partial charge in [-0.25, -0.2) is 0 Å². The Bertz CT molecular complexity index is 147. The second-order valence-corrected chi connectivity index (χ2v) is 3.42. The Balaban J connectivity index is 2.65. The number of aliphatic hydroxyl groups excluding tert-OH is 2. The topological polar surface area (TPSA) is 58.9 Å². The zero-order valence-corrected chi connectivity index (χ0v) is 7.65. The minimum absolute atomic E-state index is 0.301. The van der Waals surface area contributed by atoms with Crippen LogP contribution in [-0.4, -0.2) is 41.4 Å². The van der Waals surface area contributed by atoms with Gasteiger partial charge in [0.05, 0.1) is 12.2 Å². The number of hydrogen-bond donors (Lipinski definition) is 2. The van der Waals surface area contributed by atoms with E-state index < -0.39 is 24.1 Å². The van der Waals surface area contributed by atoms with Gasteiger partial charge in [0.15, 0.2) is 5.79 Å². The van der Waals surface area contributed by atoms with Gasteiger partial charge in [-0.1, -0.05) is 0 Å². The molecule has 1 aliphatic heterocycles. The number of hydrogen-bond acceptors (Lipinski definition) is 4. The van der Waals surface area contributed by atoms with Crippen molar-refractivity contribution in [2.45, 2.75) is 44.4 Å². The molecule has 4 heteroatoms. The Morgan fingerprint density at radius 2 is 2.08 bits per heavy atom. The first-order valence-electron chi connectivity index (χ1n) is 4.07. The zero-order chi connectivity index (χ0) is 9.35. The van der Waals surface area contributed by atoms with Gasteiger partial charge in [0.25, 0.3) is 0 Å². The molecule has 0 aromatic carbocycles. The summed E-state index contributed by atoms with van der Waals surface area (Å²) in [4.78, 5) is 0. The quantitative estimate of drug-likeness (QED) is 0.584. The summed E-state index contributed by atoms with van der Waals surface area (Å²) in [5, 5.41) is 18.7. The standard InChI is InChI=1S/C8H16O4/c1-5-7(10)6(9)4-8(2,11-3)12-5/h5-7,9-10H,4H2,1-3H3/t5?,6-,7+,8+/m1/s1. The van der Waals surface area contributed by atoms with Gasteiger partial charge >= 0.3 is 0 Å². The Kier molecular flexibility index (Phi) is 2.73. The Labute approximate surface area is 72.1 Å². The number of rotatable bonds is 1. The fourth-order valence-corrected chi connectivity index (χ4v) is 1.46. The van der Waals surface area contributed by atoms with Crippen molar-refractivity contribution in [1.82, 2.24) is 0 Å². The fourth-order valence-electron chi connectivity index (χ4n) is 1.46. The first-order chi connectivity index (χ1) is 5.48. The molecule has 1 saturated heterocycles. The molecule has 2 N–H and O–H groups in total. The van der Waals surface area contributed by atoms with Gasteiger partial charge in [0, 0.05) is 13.5 Å². The van der Waals surface area contributed by atoms with Gasteiger partial charge in [-0.05, 0) is 13.8 Å². The van der Waals surface area contributed by atoms with Gasteiger partial charge in [-0.15, -0.1) is 0 Å². The van der Waals surface area contributed by atoms with Gasteiger partial charge < -0.3 is 19.7 Å². The lowest BCUT2D eigenvalue weighted by Gasteiger charge is -2.41. The predicted octanol–water partition coefficient (Wildman–Crippen LogP) is -0.120. The van der Waals surface area contributed by atoms with Crippen LogP contribution in [0.3, 0.4) is 0 Å². The van der Waals surface area contributed by atoms with Crippen molar-refractivity contribution < 1.29 is 19.7 Å². The van der Waals surface area contributed by atoms with E-state index in [0.29, 0.717) is 6.42 Å². The number of ether oxygens (including phenoxy) is 2. The van der Waals surface area contributed by atoms with Crippen LogP contribution in [0.5, 0.6) is 0 Å². The summed E-state index contributed by atoms with van der Waals surface area (Å²) in [5.74, 6) is -0.766. The Morgan fingerprint density at radius 3 is 2.50 bits per heavy atom. The molecular formula is C8H16O4. The molecule has 0 aromatic heterocycles. The summed E-state index contributed by atoms with van der Waals surface area (Å²) < 4.78 is 10.4. The highest BCUT2D eigenvalue weighted by atomic mass is 16.7. The van der Waals surface area contributed by atoms with Crippen molar-refractivity contribution in [3.63, 3.8) is 0 Å². The normalized spacial score (nSPS) is 49.2. The molecule has 1 aliphatic rings. The van der Waals surface area contributed by atoms with Crippen molar-refractivity contribution >= 4 is 0 Å². The van der Waals surface area contributed by atoms with Crippen molar-refractivity contribution in [2.24, 2.45) is 0 Å². The number of aliphatic hydroxyl groups is 2. The molecule has 0 aromatic rings. The van der Waals surface area contributed by atoms with Crippen LogP contribution in [-0.2, 0) is 9.47 Å². The van der Waals surface area contributed by atoms with E-state index in [2.05, 4.69) is 0 Å². The summed E-state index contributed by atoms with van der Waals surface area (Å²) in [6.45, 7) is 3.46.